The highest BCUT2D eigenvalue weighted by Gasteiger charge is 2.07. The van der Waals surface area contributed by atoms with Crippen LogP contribution in [0.2, 0.25) is 5.02 Å². The summed E-state index contributed by atoms with van der Waals surface area (Å²) in [5.41, 5.74) is 0.383. The van der Waals surface area contributed by atoms with Crippen molar-refractivity contribution in [3.05, 3.63) is 34.9 Å². The van der Waals surface area contributed by atoms with E-state index in [9.17, 15) is 9.59 Å². The van der Waals surface area contributed by atoms with Crippen molar-refractivity contribution in [2.45, 2.75) is 0 Å². The molecule has 0 radical (unpaired) electrons. The molecule has 0 spiro atoms. The van der Waals surface area contributed by atoms with Crippen molar-refractivity contribution in [1.29, 1.82) is 0 Å². The zero-order chi connectivity index (χ0) is 12.8. The molecule has 1 rings (SSSR count). The highest BCUT2D eigenvalue weighted by atomic mass is 35.5. The van der Waals surface area contributed by atoms with E-state index in [-0.39, 0.29) is 11.7 Å². The van der Waals surface area contributed by atoms with Crippen molar-refractivity contribution in [3.8, 4) is 0 Å². The molecule has 0 aliphatic heterocycles. The van der Waals surface area contributed by atoms with Crippen molar-refractivity contribution in [2.75, 3.05) is 6.54 Å². The van der Waals surface area contributed by atoms with Gasteiger partial charge in [-0.25, -0.2) is 0 Å². The number of benzene rings is 1. The zero-order valence-corrected chi connectivity index (χ0v) is 10.1. The van der Waals surface area contributed by atoms with Crippen molar-refractivity contribution in [3.63, 3.8) is 0 Å². The third kappa shape index (κ3) is 4.80. The van der Waals surface area contributed by atoms with Gasteiger partial charge in [-0.2, -0.15) is 0 Å². The summed E-state index contributed by atoms with van der Waals surface area (Å²) in [6.07, 6.45) is 0. The predicted octanol–water partition coefficient (Wildman–Crippen LogP) is 1.03. The fourth-order valence-corrected chi connectivity index (χ4v) is 1.27. The van der Waals surface area contributed by atoms with Crippen molar-refractivity contribution < 1.29 is 14.7 Å². The highest BCUT2D eigenvalue weighted by molar-refractivity contribution is 7.80. The Morgan fingerprint density at radius 1 is 1.29 bits per heavy atom. The number of rotatable bonds is 3. The first kappa shape index (κ1) is 13.4. The minimum Gasteiger partial charge on any atom is -0.480 e. The molecule has 0 saturated heterocycles. The van der Waals surface area contributed by atoms with E-state index in [4.69, 9.17) is 28.9 Å². The van der Waals surface area contributed by atoms with Gasteiger partial charge in [0, 0.05) is 10.6 Å². The number of amides is 1. The topological polar surface area (TPSA) is 78.4 Å². The number of hydrogen-bond donors (Lipinski definition) is 3. The van der Waals surface area contributed by atoms with E-state index in [1.54, 1.807) is 12.1 Å². The molecular weight excluding hydrogens is 264 g/mol. The largest absolute Gasteiger partial charge is 0.480 e. The van der Waals surface area contributed by atoms with E-state index in [1.165, 1.54) is 12.1 Å². The molecule has 1 amide bonds. The average Bonchev–Trinajstić information content (AvgIpc) is 2.27. The molecule has 0 atom stereocenters. The second kappa shape index (κ2) is 6.17. The smallest absolute Gasteiger partial charge is 0.322 e. The molecular formula is C10H9ClN2O3S. The fraction of sp³-hybridized carbons (Fsp3) is 0.100. The molecule has 1 aromatic rings. The van der Waals surface area contributed by atoms with Crippen LogP contribution in [0.3, 0.4) is 0 Å². The molecule has 0 saturated carbocycles. The predicted molar refractivity (Wildman–Crippen MR) is 67.2 cm³/mol. The molecule has 5 nitrogen and oxygen atoms in total. The van der Waals surface area contributed by atoms with Gasteiger partial charge in [-0.1, -0.05) is 11.6 Å². The van der Waals surface area contributed by atoms with Crippen molar-refractivity contribution in [1.82, 2.24) is 10.6 Å². The number of halogens is 1. The number of carboxylic acid groups (broad SMARTS) is 1. The summed E-state index contributed by atoms with van der Waals surface area (Å²) in [5.74, 6) is -1.49. The monoisotopic (exact) mass is 272 g/mol. The normalized spacial score (nSPS) is 9.47. The van der Waals surface area contributed by atoms with E-state index < -0.39 is 11.9 Å². The van der Waals surface area contributed by atoms with Crippen LogP contribution in [-0.4, -0.2) is 28.6 Å². The maximum atomic E-state index is 11.6. The molecule has 0 bridgehead atoms. The molecule has 90 valence electrons. The first-order chi connectivity index (χ1) is 7.99. The Kier molecular flexibility index (Phi) is 4.86. The van der Waals surface area contributed by atoms with Gasteiger partial charge in [0.05, 0.1) is 0 Å². The lowest BCUT2D eigenvalue weighted by molar-refractivity contribution is -0.135. The Morgan fingerprint density at radius 2 is 1.88 bits per heavy atom. The molecule has 7 heteroatoms. The summed E-state index contributed by atoms with van der Waals surface area (Å²) < 4.78 is 0. The molecule has 0 aliphatic carbocycles. The van der Waals surface area contributed by atoms with E-state index in [0.29, 0.717) is 10.6 Å². The van der Waals surface area contributed by atoms with Gasteiger partial charge in [0.25, 0.3) is 5.91 Å². The standard InChI is InChI=1S/C10H9ClN2O3S/c11-7-3-1-6(2-4-7)9(16)13-10(17)12-5-8(14)15/h1-4H,5H2,(H,14,15)(H2,12,13,16,17). The summed E-state index contributed by atoms with van der Waals surface area (Å²) in [7, 11) is 0. The maximum absolute atomic E-state index is 11.6. The van der Waals surface area contributed by atoms with Crippen LogP contribution in [-0.2, 0) is 4.79 Å². The Labute approximate surface area is 108 Å². The number of carbonyl (C=O) groups excluding carboxylic acids is 1. The minimum absolute atomic E-state index is 0.0349. The van der Waals surface area contributed by atoms with Gasteiger partial charge in [0.1, 0.15) is 6.54 Å². The van der Waals surface area contributed by atoms with E-state index in [1.807, 2.05) is 0 Å². The van der Waals surface area contributed by atoms with Gasteiger partial charge in [-0.05, 0) is 36.5 Å². The Balaban J connectivity index is 2.51. The summed E-state index contributed by atoms with van der Waals surface area (Å²) in [4.78, 5) is 21.8. The number of nitrogens with one attached hydrogen (secondary N) is 2. The maximum Gasteiger partial charge on any atom is 0.322 e. The van der Waals surface area contributed by atoms with Crippen LogP contribution in [0.4, 0.5) is 0 Å². The number of hydrogen-bond acceptors (Lipinski definition) is 3. The highest BCUT2D eigenvalue weighted by Crippen LogP contribution is 2.09. The third-order valence-corrected chi connectivity index (χ3v) is 2.23. The van der Waals surface area contributed by atoms with Crippen LogP contribution < -0.4 is 10.6 Å². The Morgan fingerprint density at radius 3 is 2.41 bits per heavy atom. The number of aliphatic carboxylic acids is 1. The third-order valence-electron chi connectivity index (χ3n) is 1.73. The van der Waals surface area contributed by atoms with Gasteiger partial charge in [0.2, 0.25) is 0 Å². The average molecular weight is 273 g/mol. The number of carbonyl (C=O) groups is 2. The fourth-order valence-electron chi connectivity index (χ4n) is 0.977. The van der Waals surface area contributed by atoms with E-state index in [2.05, 4.69) is 10.6 Å². The van der Waals surface area contributed by atoms with Crippen LogP contribution in [0.15, 0.2) is 24.3 Å². The van der Waals surface area contributed by atoms with Crippen molar-refractivity contribution >= 4 is 40.8 Å². The van der Waals surface area contributed by atoms with Crippen LogP contribution in [0, 0.1) is 0 Å². The second-order valence-electron chi connectivity index (χ2n) is 3.04. The minimum atomic E-state index is -1.06. The molecule has 0 fully saturated rings. The quantitative estimate of drug-likeness (QED) is 0.717. The van der Waals surface area contributed by atoms with Crippen LogP contribution in [0.1, 0.15) is 10.4 Å². The lowest BCUT2D eigenvalue weighted by Gasteiger charge is -2.07. The van der Waals surface area contributed by atoms with Crippen molar-refractivity contribution in [2.24, 2.45) is 0 Å². The lowest BCUT2D eigenvalue weighted by Crippen LogP contribution is -2.41. The summed E-state index contributed by atoms with van der Waals surface area (Å²) in [5, 5.41) is 13.6. The van der Waals surface area contributed by atoms with Crippen LogP contribution in [0.5, 0.6) is 0 Å². The number of thiocarbonyl (C=S) groups is 1. The lowest BCUT2D eigenvalue weighted by atomic mass is 10.2. The second-order valence-corrected chi connectivity index (χ2v) is 3.88. The van der Waals surface area contributed by atoms with Gasteiger partial charge in [0.15, 0.2) is 5.11 Å². The first-order valence-electron chi connectivity index (χ1n) is 4.55. The summed E-state index contributed by atoms with van der Waals surface area (Å²) >= 11 is 10.4. The molecule has 0 aliphatic rings. The van der Waals surface area contributed by atoms with Gasteiger partial charge in [-0.3, -0.25) is 14.9 Å². The van der Waals surface area contributed by atoms with E-state index >= 15 is 0 Å². The van der Waals surface area contributed by atoms with Gasteiger partial charge in [-0.15, -0.1) is 0 Å². The molecule has 17 heavy (non-hydrogen) atoms. The van der Waals surface area contributed by atoms with Crippen LogP contribution in [0.25, 0.3) is 0 Å². The van der Waals surface area contributed by atoms with E-state index in [0.717, 1.165) is 0 Å². The molecule has 0 unspecified atom stereocenters. The van der Waals surface area contributed by atoms with Gasteiger partial charge >= 0.3 is 5.97 Å². The summed E-state index contributed by atoms with van der Waals surface area (Å²) in [6, 6.07) is 6.23. The Bertz CT molecular complexity index is 447. The molecule has 0 aromatic heterocycles. The first-order valence-corrected chi connectivity index (χ1v) is 5.34. The SMILES string of the molecule is O=C(O)CNC(=S)NC(=O)c1ccc(Cl)cc1. The molecule has 0 heterocycles. The van der Waals surface area contributed by atoms with Crippen LogP contribution >= 0.6 is 23.8 Å². The Hall–Kier alpha value is -1.66. The summed E-state index contributed by atoms with van der Waals surface area (Å²) in [6.45, 7) is -0.347. The van der Waals surface area contributed by atoms with Gasteiger partial charge < -0.3 is 10.4 Å². The number of carboxylic acids is 1. The molecule has 3 N–H and O–H groups in total. The molecule has 1 aromatic carbocycles. The zero-order valence-electron chi connectivity index (χ0n) is 8.57.